The van der Waals surface area contributed by atoms with E-state index in [2.05, 4.69) is 5.32 Å². The molecular weight excluding hydrogens is 250 g/mol. The van der Waals surface area contributed by atoms with E-state index in [0.717, 1.165) is 22.4 Å². The van der Waals surface area contributed by atoms with Crippen molar-refractivity contribution in [1.82, 2.24) is 0 Å². The summed E-state index contributed by atoms with van der Waals surface area (Å²) in [5.41, 5.74) is 4.05. The Kier molecular flexibility index (Phi) is 4.64. The smallest absolute Gasteiger partial charge is 0.121 e. The molecule has 2 rings (SSSR count). The number of hydrogen-bond donors (Lipinski definition) is 3. The third kappa shape index (κ3) is 3.52. The minimum atomic E-state index is 0.0271. The molecule has 0 heterocycles. The van der Waals surface area contributed by atoms with Crippen molar-refractivity contribution in [2.45, 2.75) is 26.3 Å². The summed E-state index contributed by atoms with van der Waals surface area (Å²) in [5.74, 6) is 0.321. The highest BCUT2D eigenvalue weighted by atomic mass is 16.3. The summed E-state index contributed by atoms with van der Waals surface area (Å²) >= 11 is 0. The number of rotatable bonds is 5. The van der Waals surface area contributed by atoms with Crippen LogP contribution in [0.2, 0.25) is 0 Å². The first-order valence-corrected chi connectivity index (χ1v) is 6.86. The Hall–Kier alpha value is -2.00. The van der Waals surface area contributed by atoms with Gasteiger partial charge in [0.25, 0.3) is 0 Å². The van der Waals surface area contributed by atoms with Crippen molar-refractivity contribution in [1.29, 1.82) is 0 Å². The van der Waals surface area contributed by atoms with Gasteiger partial charge in [0.05, 0.1) is 6.04 Å². The molecule has 0 bridgehead atoms. The van der Waals surface area contributed by atoms with E-state index in [1.165, 1.54) is 0 Å². The average molecular weight is 271 g/mol. The lowest BCUT2D eigenvalue weighted by molar-refractivity contribution is 0.299. The monoisotopic (exact) mass is 271 g/mol. The molecule has 106 valence electrons. The second-order valence-electron chi connectivity index (χ2n) is 5.10. The number of aryl methyl sites for hydroxylation is 1. The summed E-state index contributed by atoms with van der Waals surface area (Å²) in [6.45, 7) is 4.15. The summed E-state index contributed by atoms with van der Waals surface area (Å²) < 4.78 is 0. The average Bonchev–Trinajstić information content (AvgIpc) is 2.41. The van der Waals surface area contributed by atoms with Gasteiger partial charge in [-0.3, -0.25) is 0 Å². The van der Waals surface area contributed by atoms with Gasteiger partial charge >= 0.3 is 0 Å². The van der Waals surface area contributed by atoms with E-state index in [4.69, 9.17) is 5.11 Å². The van der Waals surface area contributed by atoms with Crippen molar-refractivity contribution in [2.24, 2.45) is 0 Å². The maximum atomic E-state index is 9.99. The Morgan fingerprint density at radius 3 is 2.40 bits per heavy atom. The van der Waals surface area contributed by atoms with E-state index < -0.39 is 0 Å². The zero-order valence-electron chi connectivity index (χ0n) is 11.9. The van der Waals surface area contributed by atoms with E-state index in [9.17, 15) is 5.11 Å². The van der Waals surface area contributed by atoms with Crippen molar-refractivity contribution in [3.05, 3.63) is 59.2 Å². The minimum absolute atomic E-state index is 0.0271. The Morgan fingerprint density at radius 2 is 1.80 bits per heavy atom. The highest BCUT2D eigenvalue weighted by molar-refractivity contribution is 5.49. The number of aliphatic hydroxyl groups excluding tert-OH is 1. The predicted octanol–water partition coefficient (Wildman–Crippen LogP) is 3.41. The Balaban J connectivity index is 2.08. The van der Waals surface area contributed by atoms with Crippen LogP contribution < -0.4 is 5.32 Å². The zero-order chi connectivity index (χ0) is 14.5. The molecule has 3 nitrogen and oxygen atoms in total. The first-order chi connectivity index (χ1) is 9.60. The number of hydrogen-bond acceptors (Lipinski definition) is 3. The van der Waals surface area contributed by atoms with Crippen molar-refractivity contribution < 1.29 is 10.2 Å². The van der Waals surface area contributed by atoms with Crippen LogP contribution in [0.25, 0.3) is 0 Å². The zero-order valence-corrected chi connectivity index (χ0v) is 11.9. The highest BCUT2D eigenvalue weighted by Gasteiger charge is 2.10. The molecule has 0 saturated heterocycles. The van der Waals surface area contributed by atoms with Crippen LogP contribution in [0.5, 0.6) is 5.75 Å². The SMILES string of the molecule is Cc1ccc(C(C)Nc2ccc(CCO)cc2)c(O)c1. The summed E-state index contributed by atoms with van der Waals surface area (Å²) in [7, 11) is 0. The highest BCUT2D eigenvalue weighted by Crippen LogP contribution is 2.27. The van der Waals surface area contributed by atoms with Gasteiger partial charge in [0.1, 0.15) is 5.75 Å². The predicted molar refractivity (Wildman–Crippen MR) is 82.1 cm³/mol. The molecule has 0 amide bonds. The summed E-state index contributed by atoms with van der Waals surface area (Å²) in [6, 6.07) is 13.7. The lowest BCUT2D eigenvalue weighted by Crippen LogP contribution is -2.07. The Bertz CT molecular complexity index is 564. The van der Waals surface area contributed by atoms with E-state index in [-0.39, 0.29) is 12.6 Å². The van der Waals surface area contributed by atoms with Crippen molar-refractivity contribution in [2.75, 3.05) is 11.9 Å². The van der Waals surface area contributed by atoms with Gasteiger partial charge in [-0.05, 0) is 49.6 Å². The van der Waals surface area contributed by atoms with Crippen LogP contribution in [0.3, 0.4) is 0 Å². The van der Waals surface area contributed by atoms with Crippen molar-refractivity contribution in [3.8, 4) is 5.75 Å². The third-order valence-electron chi connectivity index (χ3n) is 3.39. The molecule has 1 unspecified atom stereocenters. The molecule has 0 saturated carbocycles. The van der Waals surface area contributed by atoms with Crippen LogP contribution in [0, 0.1) is 6.92 Å². The fourth-order valence-corrected chi connectivity index (χ4v) is 2.24. The van der Waals surface area contributed by atoms with E-state index in [1.807, 2.05) is 50.2 Å². The van der Waals surface area contributed by atoms with Gasteiger partial charge in [0.2, 0.25) is 0 Å². The fraction of sp³-hybridized carbons (Fsp3) is 0.294. The molecule has 3 heteroatoms. The van der Waals surface area contributed by atoms with Crippen LogP contribution >= 0.6 is 0 Å². The van der Waals surface area contributed by atoms with Gasteiger partial charge in [0, 0.05) is 17.9 Å². The summed E-state index contributed by atoms with van der Waals surface area (Å²) in [6.07, 6.45) is 0.675. The van der Waals surface area contributed by atoms with Gasteiger partial charge < -0.3 is 15.5 Å². The number of phenolic OH excluding ortho intramolecular Hbond substituents is 1. The van der Waals surface area contributed by atoms with Crippen molar-refractivity contribution >= 4 is 5.69 Å². The molecule has 0 fully saturated rings. The van der Waals surface area contributed by atoms with Gasteiger partial charge in [0.15, 0.2) is 0 Å². The third-order valence-corrected chi connectivity index (χ3v) is 3.39. The maximum Gasteiger partial charge on any atom is 0.121 e. The standard InChI is InChI=1S/C17H21NO2/c1-12-3-8-16(17(20)11-12)13(2)18-15-6-4-14(5-7-15)9-10-19/h3-8,11,13,18-20H,9-10H2,1-2H3. The van der Waals surface area contributed by atoms with Gasteiger partial charge in [-0.25, -0.2) is 0 Å². The van der Waals surface area contributed by atoms with E-state index in [1.54, 1.807) is 6.07 Å². The molecule has 2 aromatic carbocycles. The van der Waals surface area contributed by atoms with Crippen LogP contribution in [0.1, 0.15) is 29.7 Å². The van der Waals surface area contributed by atoms with Crippen LogP contribution in [-0.4, -0.2) is 16.8 Å². The molecule has 0 radical (unpaired) electrons. The molecule has 0 aromatic heterocycles. The number of aromatic hydroxyl groups is 1. The topological polar surface area (TPSA) is 52.5 Å². The molecule has 0 spiro atoms. The van der Waals surface area contributed by atoms with Gasteiger partial charge in [-0.1, -0.05) is 24.3 Å². The number of nitrogens with one attached hydrogen (secondary N) is 1. The first-order valence-electron chi connectivity index (χ1n) is 6.86. The first kappa shape index (κ1) is 14.4. The molecule has 0 aliphatic heterocycles. The lowest BCUT2D eigenvalue weighted by Gasteiger charge is -2.17. The van der Waals surface area contributed by atoms with E-state index in [0.29, 0.717) is 12.2 Å². The Morgan fingerprint density at radius 1 is 1.10 bits per heavy atom. The lowest BCUT2D eigenvalue weighted by atomic mass is 10.0. The van der Waals surface area contributed by atoms with Gasteiger partial charge in [-0.2, -0.15) is 0 Å². The molecule has 3 N–H and O–H groups in total. The van der Waals surface area contributed by atoms with Crippen LogP contribution in [0.4, 0.5) is 5.69 Å². The second-order valence-corrected chi connectivity index (χ2v) is 5.10. The second kappa shape index (κ2) is 6.44. The summed E-state index contributed by atoms with van der Waals surface area (Å²) in [4.78, 5) is 0. The normalized spacial score (nSPS) is 12.2. The molecule has 20 heavy (non-hydrogen) atoms. The number of aliphatic hydroxyl groups is 1. The molecule has 0 aliphatic carbocycles. The number of benzene rings is 2. The molecule has 1 atom stereocenters. The fourth-order valence-electron chi connectivity index (χ4n) is 2.24. The molecule has 0 aliphatic rings. The van der Waals surface area contributed by atoms with Gasteiger partial charge in [-0.15, -0.1) is 0 Å². The van der Waals surface area contributed by atoms with Crippen LogP contribution in [-0.2, 0) is 6.42 Å². The number of anilines is 1. The maximum absolute atomic E-state index is 9.99. The van der Waals surface area contributed by atoms with E-state index >= 15 is 0 Å². The van der Waals surface area contributed by atoms with Crippen molar-refractivity contribution in [3.63, 3.8) is 0 Å². The molecular formula is C17H21NO2. The minimum Gasteiger partial charge on any atom is -0.508 e. The van der Waals surface area contributed by atoms with Crippen LogP contribution in [0.15, 0.2) is 42.5 Å². The largest absolute Gasteiger partial charge is 0.508 e. The Labute approximate surface area is 119 Å². The molecule has 2 aromatic rings. The number of phenols is 1. The quantitative estimate of drug-likeness (QED) is 0.781. The summed E-state index contributed by atoms with van der Waals surface area (Å²) in [5, 5.41) is 22.2.